The van der Waals surface area contributed by atoms with E-state index in [1.807, 2.05) is 22.4 Å². The van der Waals surface area contributed by atoms with Crippen molar-refractivity contribution >= 4 is 29.3 Å². The molecule has 0 bridgehead atoms. The Morgan fingerprint density at radius 1 is 1.28 bits per heavy atom. The number of aromatic nitrogens is 1. The maximum atomic E-state index is 13.0. The van der Waals surface area contributed by atoms with Crippen molar-refractivity contribution in [3.8, 4) is 0 Å². The molecule has 0 aromatic carbocycles. The number of rotatable bonds is 4. The number of hydrogen-bond acceptors (Lipinski definition) is 4. The maximum absolute atomic E-state index is 13.0. The van der Waals surface area contributed by atoms with E-state index in [9.17, 15) is 9.59 Å². The molecule has 1 unspecified atom stereocenters. The van der Waals surface area contributed by atoms with Crippen LogP contribution in [-0.4, -0.2) is 39.5 Å². The number of carbonyl (C=O) groups is 2. The predicted octanol–water partition coefficient (Wildman–Crippen LogP) is 3.94. The Hall–Kier alpha value is -2.47. The van der Waals surface area contributed by atoms with E-state index in [4.69, 9.17) is 5.11 Å². The van der Waals surface area contributed by atoms with Gasteiger partial charge < -0.3 is 10.0 Å². The summed E-state index contributed by atoms with van der Waals surface area (Å²) in [6, 6.07) is 7.02. The number of hydrogen-bond donors (Lipinski definition) is 1. The Morgan fingerprint density at radius 3 is 2.92 bits per heavy atom. The Bertz CT molecular complexity index is 771. The molecule has 2 aromatic rings. The smallest absolute Gasteiger partial charge is 0.354 e. The van der Waals surface area contributed by atoms with Crippen LogP contribution in [0, 0.1) is 0 Å². The minimum atomic E-state index is -1.13. The topological polar surface area (TPSA) is 70.5 Å². The first-order valence-electron chi connectivity index (χ1n) is 8.37. The lowest BCUT2D eigenvalue weighted by molar-refractivity contribution is 0.0690. The Labute approximate surface area is 150 Å². The average molecular weight is 356 g/mol. The lowest BCUT2D eigenvalue weighted by Crippen LogP contribution is -2.39. The third kappa shape index (κ3) is 4.33. The molecule has 2 aromatic heterocycles. The Balaban J connectivity index is 1.84. The molecule has 25 heavy (non-hydrogen) atoms. The fourth-order valence-electron chi connectivity index (χ4n) is 3.02. The first-order chi connectivity index (χ1) is 12.1. The first kappa shape index (κ1) is 17.4. The van der Waals surface area contributed by atoms with E-state index in [2.05, 4.69) is 17.1 Å². The number of pyridine rings is 1. The molecule has 1 atom stereocenters. The van der Waals surface area contributed by atoms with E-state index >= 15 is 0 Å². The summed E-state index contributed by atoms with van der Waals surface area (Å²) in [7, 11) is 0. The van der Waals surface area contributed by atoms with Gasteiger partial charge in [0.05, 0.1) is 6.04 Å². The number of thiophene rings is 1. The van der Waals surface area contributed by atoms with Crippen LogP contribution >= 0.6 is 11.3 Å². The van der Waals surface area contributed by atoms with Gasteiger partial charge in [-0.1, -0.05) is 25.0 Å². The van der Waals surface area contributed by atoms with Gasteiger partial charge in [0.1, 0.15) is 5.69 Å². The van der Waals surface area contributed by atoms with Crippen LogP contribution in [0.25, 0.3) is 6.08 Å². The summed E-state index contributed by atoms with van der Waals surface area (Å²) in [6.07, 6.45) is 9.61. The molecule has 1 N–H and O–H groups in total. The van der Waals surface area contributed by atoms with Crippen molar-refractivity contribution in [2.45, 2.75) is 31.7 Å². The second-order valence-corrected chi connectivity index (χ2v) is 7.00. The molecule has 3 rings (SSSR count). The molecule has 1 aliphatic heterocycles. The molecule has 0 radical (unpaired) electrons. The lowest BCUT2D eigenvalue weighted by Gasteiger charge is -2.28. The quantitative estimate of drug-likeness (QED) is 0.901. The van der Waals surface area contributed by atoms with Crippen LogP contribution in [0.2, 0.25) is 0 Å². The van der Waals surface area contributed by atoms with Gasteiger partial charge >= 0.3 is 5.97 Å². The van der Waals surface area contributed by atoms with Gasteiger partial charge in [-0.25, -0.2) is 9.78 Å². The number of aromatic carboxylic acids is 1. The van der Waals surface area contributed by atoms with E-state index in [-0.39, 0.29) is 17.6 Å². The molecule has 1 saturated heterocycles. The summed E-state index contributed by atoms with van der Waals surface area (Å²) < 4.78 is 0. The van der Waals surface area contributed by atoms with E-state index in [0.717, 1.165) is 30.6 Å². The highest BCUT2D eigenvalue weighted by atomic mass is 32.1. The summed E-state index contributed by atoms with van der Waals surface area (Å²) >= 11 is 1.66. The summed E-state index contributed by atoms with van der Waals surface area (Å²) in [6.45, 7) is 0.684. The number of carbonyl (C=O) groups excluding carboxylic acids is 1. The number of carboxylic acid groups (broad SMARTS) is 1. The van der Waals surface area contributed by atoms with Crippen LogP contribution in [0.4, 0.5) is 0 Å². The molecule has 5 nitrogen and oxygen atoms in total. The van der Waals surface area contributed by atoms with Crippen LogP contribution in [0.15, 0.2) is 41.9 Å². The number of amides is 1. The molecule has 0 spiro atoms. The standard InChI is InChI=1S/C19H20N2O3S/c22-18(14-9-10-20-17(13-14)19(23)24)21-11-3-1-2-5-15(21)7-8-16-6-4-12-25-16/h4,6-10,12-13,15H,1-3,5,11H2,(H,23,24)/b8-7+. The fourth-order valence-corrected chi connectivity index (χ4v) is 3.65. The zero-order chi connectivity index (χ0) is 17.6. The summed E-state index contributed by atoms with van der Waals surface area (Å²) in [5, 5.41) is 11.1. The van der Waals surface area contributed by atoms with Crippen molar-refractivity contribution in [2.24, 2.45) is 0 Å². The van der Waals surface area contributed by atoms with Gasteiger partial charge in [0.15, 0.2) is 0 Å². The molecular weight excluding hydrogens is 336 g/mol. The normalized spacial score (nSPS) is 18.2. The van der Waals surface area contributed by atoms with Crippen LogP contribution in [0.1, 0.15) is 51.4 Å². The second kappa shape index (κ2) is 8.07. The van der Waals surface area contributed by atoms with E-state index in [1.54, 1.807) is 17.4 Å². The monoisotopic (exact) mass is 356 g/mol. The highest BCUT2D eigenvalue weighted by Crippen LogP contribution is 2.22. The minimum Gasteiger partial charge on any atom is -0.477 e. The van der Waals surface area contributed by atoms with E-state index in [1.165, 1.54) is 12.3 Å². The van der Waals surface area contributed by atoms with Crippen molar-refractivity contribution in [1.29, 1.82) is 0 Å². The molecule has 0 saturated carbocycles. The zero-order valence-electron chi connectivity index (χ0n) is 13.8. The lowest BCUT2D eigenvalue weighted by atomic mass is 10.1. The SMILES string of the molecule is O=C(O)c1cc(C(=O)N2CCCCCC2/C=C/c2cccs2)ccn1. The van der Waals surface area contributed by atoms with Gasteiger partial charge in [-0.3, -0.25) is 4.79 Å². The number of likely N-dealkylation sites (tertiary alicyclic amines) is 1. The highest BCUT2D eigenvalue weighted by Gasteiger charge is 2.25. The molecule has 0 aliphatic carbocycles. The molecule has 3 heterocycles. The largest absolute Gasteiger partial charge is 0.477 e. The van der Waals surface area contributed by atoms with Gasteiger partial charge in [0.25, 0.3) is 5.91 Å². The van der Waals surface area contributed by atoms with Gasteiger partial charge in [-0.05, 0) is 42.5 Å². The fraction of sp³-hybridized carbons (Fsp3) is 0.316. The number of nitrogens with zero attached hydrogens (tertiary/aromatic N) is 2. The molecule has 130 valence electrons. The predicted molar refractivity (Wildman–Crippen MR) is 97.8 cm³/mol. The van der Waals surface area contributed by atoms with Gasteiger partial charge in [-0.15, -0.1) is 11.3 Å². The van der Waals surface area contributed by atoms with Gasteiger partial charge in [0, 0.05) is 23.2 Å². The maximum Gasteiger partial charge on any atom is 0.354 e. The third-order valence-electron chi connectivity index (χ3n) is 4.31. The third-order valence-corrected chi connectivity index (χ3v) is 5.15. The van der Waals surface area contributed by atoms with E-state index in [0.29, 0.717) is 12.1 Å². The molecular formula is C19H20N2O3S. The van der Waals surface area contributed by atoms with Crippen molar-refractivity contribution in [3.63, 3.8) is 0 Å². The van der Waals surface area contributed by atoms with Gasteiger partial charge in [-0.2, -0.15) is 0 Å². The van der Waals surface area contributed by atoms with Crippen LogP contribution in [0.3, 0.4) is 0 Å². The van der Waals surface area contributed by atoms with Crippen LogP contribution < -0.4 is 0 Å². The van der Waals surface area contributed by atoms with Crippen molar-refractivity contribution in [1.82, 2.24) is 9.88 Å². The Morgan fingerprint density at radius 2 is 2.16 bits per heavy atom. The molecule has 6 heteroatoms. The van der Waals surface area contributed by atoms with E-state index < -0.39 is 5.97 Å². The summed E-state index contributed by atoms with van der Waals surface area (Å²) in [5.41, 5.74) is 0.273. The molecule has 1 amide bonds. The van der Waals surface area contributed by atoms with Gasteiger partial charge in [0.2, 0.25) is 0 Å². The minimum absolute atomic E-state index is 0.0264. The van der Waals surface area contributed by atoms with Crippen molar-refractivity contribution < 1.29 is 14.7 Å². The van der Waals surface area contributed by atoms with Crippen LogP contribution in [0.5, 0.6) is 0 Å². The average Bonchev–Trinajstić information content (AvgIpc) is 3.04. The second-order valence-electron chi connectivity index (χ2n) is 6.02. The molecule has 1 aliphatic rings. The zero-order valence-corrected chi connectivity index (χ0v) is 14.6. The summed E-state index contributed by atoms with van der Waals surface area (Å²) in [5.74, 6) is -1.26. The van der Waals surface area contributed by atoms with Crippen LogP contribution in [-0.2, 0) is 0 Å². The number of carboxylic acids is 1. The summed E-state index contributed by atoms with van der Waals surface area (Å²) in [4.78, 5) is 30.9. The molecule has 1 fully saturated rings. The first-order valence-corrected chi connectivity index (χ1v) is 9.25. The van der Waals surface area contributed by atoms with Crippen molar-refractivity contribution in [3.05, 3.63) is 58.1 Å². The Kier molecular flexibility index (Phi) is 5.60. The van der Waals surface area contributed by atoms with Crippen molar-refractivity contribution in [2.75, 3.05) is 6.54 Å². The highest BCUT2D eigenvalue weighted by molar-refractivity contribution is 7.10.